The minimum atomic E-state index is -0.452. The molecule has 0 aromatic heterocycles. The van der Waals surface area contributed by atoms with Crippen LogP contribution in [0.2, 0.25) is 10.0 Å². The third-order valence-electron chi connectivity index (χ3n) is 7.87. The molecular formula is C32H38Cl2N2O6S2. The Hall–Kier alpha value is -2.40. The zero-order valence-corrected chi connectivity index (χ0v) is 28.2. The van der Waals surface area contributed by atoms with Crippen LogP contribution in [0.5, 0.6) is 0 Å². The normalized spacial score (nSPS) is 15.3. The average molecular weight is 682 g/mol. The topological polar surface area (TPSA) is 93.2 Å². The molecule has 12 heteroatoms. The van der Waals surface area contributed by atoms with Crippen molar-refractivity contribution in [2.45, 2.75) is 87.1 Å². The number of amides is 2. The molecule has 2 aromatic carbocycles. The summed E-state index contributed by atoms with van der Waals surface area (Å²) in [5, 5.41) is 0.733. The molecule has 0 saturated heterocycles. The van der Waals surface area contributed by atoms with Crippen molar-refractivity contribution in [2.75, 3.05) is 26.3 Å². The van der Waals surface area contributed by atoms with Crippen molar-refractivity contribution in [1.29, 1.82) is 0 Å². The van der Waals surface area contributed by atoms with Gasteiger partial charge in [-0.3, -0.25) is 19.2 Å². The Morgan fingerprint density at radius 2 is 1.05 bits per heavy atom. The molecule has 0 radical (unpaired) electrons. The van der Waals surface area contributed by atoms with Crippen molar-refractivity contribution in [3.63, 3.8) is 0 Å². The molecular weight excluding hydrogens is 643 g/mol. The van der Waals surface area contributed by atoms with E-state index >= 15 is 0 Å². The van der Waals surface area contributed by atoms with Gasteiger partial charge in [0.25, 0.3) is 11.8 Å². The van der Waals surface area contributed by atoms with Gasteiger partial charge in [0.2, 0.25) is 0 Å². The van der Waals surface area contributed by atoms with E-state index in [2.05, 4.69) is 0 Å². The summed E-state index contributed by atoms with van der Waals surface area (Å²) in [4.78, 5) is 57.2. The number of hydrogen-bond donors (Lipinski definition) is 0. The average Bonchev–Trinajstić information content (AvgIpc) is 3.73. The highest BCUT2D eigenvalue weighted by atomic mass is 35.5. The van der Waals surface area contributed by atoms with Crippen LogP contribution in [0.25, 0.3) is 0 Å². The van der Waals surface area contributed by atoms with E-state index in [1.54, 1.807) is 60.0 Å². The van der Waals surface area contributed by atoms with Crippen molar-refractivity contribution in [3.05, 3.63) is 57.6 Å². The van der Waals surface area contributed by atoms with Gasteiger partial charge >= 0.3 is 11.9 Å². The molecule has 238 valence electrons. The second-order valence-electron chi connectivity index (χ2n) is 10.8. The number of carbonyl (C=O) groups excluding carboxylic acids is 4. The van der Waals surface area contributed by atoms with Crippen LogP contribution >= 0.6 is 44.8 Å². The standard InChI is InChI=1S/C32H38Cl2N2O6S2/c1-3-41-27(37)19-35(21-11-5-6-12-21)31(39)23-15-9-17-25(33)29(23)43-44-30-24(16-10-18-26(30)34)32(40)36(20-28(38)42-4-2)22-13-7-8-14-22/h9-10,15-18,21-22H,3-8,11-14,19-20H2,1-2H3. The third kappa shape index (κ3) is 8.65. The summed E-state index contributed by atoms with van der Waals surface area (Å²) in [6.07, 6.45) is 7.22. The number of nitrogens with zero attached hydrogens (tertiary/aromatic N) is 2. The maximum absolute atomic E-state index is 14.0. The van der Waals surface area contributed by atoms with Crippen molar-refractivity contribution in [2.24, 2.45) is 0 Å². The smallest absolute Gasteiger partial charge is 0.325 e. The second-order valence-corrected chi connectivity index (χ2v) is 13.7. The van der Waals surface area contributed by atoms with Gasteiger partial charge in [0.1, 0.15) is 13.1 Å². The lowest BCUT2D eigenvalue weighted by Gasteiger charge is -2.29. The van der Waals surface area contributed by atoms with Crippen LogP contribution in [0.15, 0.2) is 46.2 Å². The van der Waals surface area contributed by atoms with E-state index in [0.717, 1.165) is 51.4 Å². The monoisotopic (exact) mass is 680 g/mol. The summed E-state index contributed by atoms with van der Waals surface area (Å²) in [5.41, 5.74) is 0.724. The van der Waals surface area contributed by atoms with Gasteiger partial charge in [0.05, 0.1) is 34.4 Å². The number of benzene rings is 2. The minimum Gasteiger partial charge on any atom is -0.465 e. The number of ether oxygens (including phenoxy) is 2. The van der Waals surface area contributed by atoms with E-state index in [0.29, 0.717) is 31.0 Å². The molecule has 0 atom stereocenters. The largest absolute Gasteiger partial charge is 0.465 e. The lowest BCUT2D eigenvalue weighted by Crippen LogP contribution is -2.43. The van der Waals surface area contributed by atoms with Crippen molar-refractivity contribution in [1.82, 2.24) is 9.80 Å². The van der Waals surface area contributed by atoms with Gasteiger partial charge in [-0.2, -0.15) is 0 Å². The van der Waals surface area contributed by atoms with Crippen molar-refractivity contribution < 1.29 is 28.7 Å². The molecule has 0 spiro atoms. The number of esters is 2. The molecule has 44 heavy (non-hydrogen) atoms. The molecule has 0 unspecified atom stereocenters. The maximum Gasteiger partial charge on any atom is 0.325 e. The van der Waals surface area contributed by atoms with Gasteiger partial charge < -0.3 is 19.3 Å². The van der Waals surface area contributed by atoms with Crippen LogP contribution < -0.4 is 0 Å². The molecule has 2 aromatic rings. The SMILES string of the molecule is CCOC(=O)CN(C(=O)c1cccc(Cl)c1SSc1c(Cl)cccc1C(=O)N(CC(=O)OCC)C1CCCC1)C1CCCC1. The zero-order valence-electron chi connectivity index (χ0n) is 25.0. The number of carbonyl (C=O) groups is 4. The van der Waals surface area contributed by atoms with Crippen LogP contribution in [0.1, 0.15) is 85.9 Å². The van der Waals surface area contributed by atoms with E-state index in [9.17, 15) is 19.2 Å². The summed E-state index contributed by atoms with van der Waals surface area (Å²) in [6, 6.07) is 10.1. The second kappa shape index (κ2) is 16.8. The van der Waals surface area contributed by atoms with Crippen molar-refractivity contribution in [3.8, 4) is 0 Å². The fraction of sp³-hybridized carbons (Fsp3) is 0.500. The van der Waals surface area contributed by atoms with Crippen LogP contribution in [0.4, 0.5) is 0 Å². The molecule has 0 aliphatic heterocycles. The Labute approximate surface area is 276 Å². The van der Waals surface area contributed by atoms with Gasteiger partial charge in [-0.15, -0.1) is 0 Å². The molecule has 0 heterocycles. The predicted octanol–water partition coefficient (Wildman–Crippen LogP) is 7.69. The Bertz CT molecular complexity index is 1250. The number of hydrogen-bond acceptors (Lipinski definition) is 8. The van der Waals surface area contributed by atoms with Crippen LogP contribution in [0.3, 0.4) is 0 Å². The lowest BCUT2D eigenvalue weighted by molar-refractivity contribution is -0.145. The Balaban J connectivity index is 1.62. The van der Waals surface area contributed by atoms with Crippen LogP contribution in [-0.4, -0.2) is 71.9 Å². The quantitative estimate of drug-likeness (QED) is 0.157. The van der Waals surface area contributed by atoms with Crippen LogP contribution in [0, 0.1) is 0 Å². The van der Waals surface area contributed by atoms with Gasteiger partial charge in [-0.1, -0.05) is 82.6 Å². The molecule has 0 N–H and O–H groups in total. The summed E-state index contributed by atoms with van der Waals surface area (Å²) in [5.74, 6) is -1.50. The van der Waals surface area contributed by atoms with Crippen LogP contribution in [-0.2, 0) is 19.1 Å². The summed E-state index contributed by atoms with van der Waals surface area (Å²) < 4.78 is 10.3. The molecule has 8 nitrogen and oxygen atoms in total. The molecule has 2 amide bonds. The highest BCUT2D eigenvalue weighted by molar-refractivity contribution is 8.76. The molecule has 4 rings (SSSR count). The first kappa shape index (κ1) is 34.5. The van der Waals surface area contributed by atoms with E-state index in [1.807, 2.05) is 0 Å². The molecule has 2 fully saturated rings. The highest BCUT2D eigenvalue weighted by Crippen LogP contribution is 2.47. The minimum absolute atomic E-state index is 0.0647. The van der Waals surface area contributed by atoms with Gasteiger partial charge in [0, 0.05) is 21.9 Å². The summed E-state index contributed by atoms with van der Waals surface area (Å²) in [7, 11) is 2.46. The molecule has 2 aliphatic rings. The number of rotatable bonds is 13. The predicted molar refractivity (Wildman–Crippen MR) is 174 cm³/mol. The number of halogens is 2. The Morgan fingerprint density at radius 1 is 0.682 bits per heavy atom. The summed E-state index contributed by atoms with van der Waals surface area (Å²) >= 11 is 13.3. The van der Waals surface area contributed by atoms with Gasteiger partial charge in [-0.05, 0) is 63.8 Å². The van der Waals surface area contributed by atoms with E-state index in [-0.39, 0.29) is 50.2 Å². The molecule has 2 aliphatic carbocycles. The summed E-state index contributed by atoms with van der Waals surface area (Å²) in [6.45, 7) is 3.66. The Morgan fingerprint density at radius 3 is 1.39 bits per heavy atom. The molecule has 2 saturated carbocycles. The first-order valence-electron chi connectivity index (χ1n) is 15.1. The lowest BCUT2D eigenvalue weighted by atomic mass is 10.1. The third-order valence-corrected chi connectivity index (χ3v) is 11.3. The molecule has 0 bridgehead atoms. The first-order chi connectivity index (χ1) is 21.2. The van der Waals surface area contributed by atoms with Gasteiger partial charge in [-0.25, -0.2) is 0 Å². The maximum atomic E-state index is 14.0. The fourth-order valence-electron chi connectivity index (χ4n) is 5.77. The fourth-order valence-corrected chi connectivity index (χ4v) is 9.16. The van der Waals surface area contributed by atoms with E-state index in [1.165, 1.54) is 21.6 Å². The van der Waals surface area contributed by atoms with Crippen molar-refractivity contribution >= 4 is 68.5 Å². The van der Waals surface area contributed by atoms with E-state index < -0.39 is 11.9 Å². The van der Waals surface area contributed by atoms with Gasteiger partial charge in [0.15, 0.2) is 0 Å². The Kier molecular flexibility index (Phi) is 13.1. The first-order valence-corrected chi connectivity index (χ1v) is 18.0. The zero-order chi connectivity index (χ0) is 31.6. The van der Waals surface area contributed by atoms with E-state index in [4.69, 9.17) is 32.7 Å². The highest BCUT2D eigenvalue weighted by Gasteiger charge is 2.33.